The number of aromatic nitrogens is 2. The molecule has 2 heterocycles. The SMILES string of the molecule is COc1ccccc1NC(=O)N1CCC[C@H](c2nnc(C(=O)Nc3ccc(C)cc3)s2)C1. The van der Waals surface area contributed by atoms with Crippen LogP contribution in [0.1, 0.15) is 39.1 Å². The molecule has 1 atom stereocenters. The van der Waals surface area contributed by atoms with Gasteiger partial charge >= 0.3 is 6.03 Å². The van der Waals surface area contributed by atoms with Gasteiger partial charge in [0.05, 0.1) is 12.8 Å². The zero-order chi connectivity index (χ0) is 22.5. The average molecular weight is 452 g/mol. The Bertz CT molecular complexity index is 1100. The second-order valence-electron chi connectivity index (χ2n) is 7.68. The van der Waals surface area contributed by atoms with Crippen LogP contribution in [0.5, 0.6) is 5.75 Å². The van der Waals surface area contributed by atoms with Crippen LogP contribution in [0.2, 0.25) is 0 Å². The number of nitrogens with one attached hydrogen (secondary N) is 2. The molecule has 1 aliphatic rings. The first-order valence-electron chi connectivity index (χ1n) is 10.4. The first-order chi connectivity index (χ1) is 15.5. The standard InChI is InChI=1S/C23H25N5O3S/c1-15-9-11-17(12-10-15)24-20(29)22-27-26-21(32-22)16-6-5-13-28(14-16)23(30)25-18-7-3-4-8-19(18)31-2/h3-4,7-12,16H,5-6,13-14H2,1-2H3,(H,24,29)(H,25,30)/t16-/m0/s1. The molecule has 2 N–H and O–H groups in total. The van der Waals surface area contributed by atoms with Crippen LogP contribution in [0.15, 0.2) is 48.5 Å². The monoisotopic (exact) mass is 451 g/mol. The van der Waals surface area contributed by atoms with Crippen LogP contribution in [0, 0.1) is 6.92 Å². The molecule has 0 radical (unpaired) electrons. The molecule has 1 aromatic heterocycles. The molecule has 1 fully saturated rings. The number of urea groups is 1. The summed E-state index contributed by atoms with van der Waals surface area (Å²) < 4.78 is 5.31. The van der Waals surface area contributed by atoms with Gasteiger partial charge in [0.15, 0.2) is 0 Å². The van der Waals surface area contributed by atoms with Gasteiger partial charge in [0, 0.05) is 24.7 Å². The van der Waals surface area contributed by atoms with E-state index in [0.717, 1.165) is 23.4 Å². The lowest BCUT2D eigenvalue weighted by atomic mass is 9.99. The van der Waals surface area contributed by atoms with Crippen LogP contribution in [0.4, 0.5) is 16.2 Å². The van der Waals surface area contributed by atoms with E-state index in [-0.39, 0.29) is 17.9 Å². The Morgan fingerprint density at radius 2 is 1.88 bits per heavy atom. The Kier molecular flexibility index (Phi) is 6.65. The van der Waals surface area contributed by atoms with Crippen molar-refractivity contribution in [1.29, 1.82) is 0 Å². The van der Waals surface area contributed by atoms with Crippen LogP contribution in [-0.4, -0.2) is 47.2 Å². The third-order valence-corrected chi connectivity index (χ3v) is 6.44. The van der Waals surface area contributed by atoms with Gasteiger partial charge in [0.25, 0.3) is 5.91 Å². The first-order valence-corrected chi connectivity index (χ1v) is 11.3. The van der Waals surface area contributed by atoms with Crippen molar-refractivity contribution in [3.8, 4) is 5.75 Å². The number of carbonyl (C=O) groups excluding carboxylic acids is 2. The van der Waals surface area contributed by atoms with E-state index < -0.39 is 0 Å². The normalized spacial score (nSPS) is 15.8. The number of rotatable bonds is 5. The Hall–Kier alpha value is -3.46. The lowest BCUT2D eigenvalue weighted by Gasteiger charge is -2.31. The topological polar surface area (TPSA) is 96.4 Å². The van der Waals surface area contributed by atoms with E-state index in [1.165, 1.54) is 11.3 Å². The van der Waals surface area contributed by atoms with Gasteiger partial charge in [-0.3, -0.25) is 4.79 Å². The summed E-state index contributed by atoms with van der Waals surface area (Å²) in [6, 6.07) is 14.7. The Morgan fingerprint density at radius 1 is 1.09 bits per heavy atom. The minimum Gasteiger partial charge on any atom is -0.495 e. The molecule has 2 aromatic carbocycles. The zero-order valence-electron chi connectivity index (χ0n) is 18.0. The number of carbonyl (C=O) groups is 2. The van der Waals surface area contributed by atoms with Crippen LogP contribution in [-0.2, 0) is 0 Å². The molecule has 3 aromatic rings. The largest absolute Gasteiger partial charge is 0.495 e. The van der Waals surface area contributed by atoms with E-state index in [9.17, 15) is 9.59 Å². The zero-order valence-corrected chi connectivity index (χ0v) is 18.8. The van der Waals surface area contributed by atoms with Crippen LogP contribution in [0.25, 0.3) is 0 Å². The summed E-state index contributed by atoms with van der Waals surface area (Å²) in [7, 11) is 1.57. The molecule has 1 saturated heterocycles. The van der Waals surface area contributed by atoms with E-state index in [0.29, 0.717) is 35.2 Å². The third kappa shape index (κ3) is 5.05. The van der Waals surface area contributed by atoms with Crippen molar-refractivity contribution in [3.05, 3.63) is 64.1 Å². The van der Waals surface area contributed by atoms with E-state index in [2.05, 4.69) is 20.8 Å². The number of amides is 3. The molecule has 0 saturated carbocycles. The number of ether oxygens (including phenoxy) is 1. The Labute approximate surface area is 190 Å². The number of piperidine rings is 1. The number of anilines is 2. The highest BCUT2D eigenvalue weighted by Crippen LogP contribution is 2.30. The Balaban J connectivity index is 1.39. The summed E-state index contributed by atoms with van der Waals surface area (Å²) in [6.07, 6.45) is 1.75. The molecule has 3 amide bonds. The fraction of sp³-hybridized carbons (Fsp3) is 0.304. The number of methoxy groups -OCH3 is 1. The maximum Gasteiger partial charge on any atom is 0.321 e. The highest BCUT2D eigenvalue weighted by molar-refractivity contribution is 7.13. The minimum absolute atomic E-state index is 0.0468. The number of likely N-dealkylation sites (tertiary alicyclic amines) is 1. The molecule has 0 aliphatic carbocycles. The second-order valence-corrected chi connectivity index (χ2v) is 8.69. The van der Waals surface area contributed by atoms with E-state index in [4.69, 9.17) is 4.74 Å². The molecule has 9 heteroatoms. The lowest BCUT2D eigenvalue weighted by molar-refractivity contribution is 0.102. The Morgan fingerprint density at radius 3 is 2.66 bits per heavy atom. The number of nitrogens with zero attached hydrogens (tertiary/aromatic N) is 3. The molecular formula is C23H25N5O3S. The molecule has 4 rings (SSSR count). The highest BCUT2D eigenvalue weighted by atomic mass is 32.1. The summed E-state index contributed by atoms with van der Waals surface area (Å²) >= 11 is 1.28. The number of hydrogen-bond acceptors (Lipinski definition) is 6. The van der Waals surface area contributed by atoms with Gasteiger partial charge in [0.1, 0.15) is 10.8 Å². The molecule has 8 nitrogen and oxygen atoms in total. The fourth-order valence-electron chi connectivity index (χ4n) is 3.62. The van der Waals surface area contributed by atoms with Gasteiger partial charge in [-0.05, 0) is 44.0 Å². The van der Waals surface area contributed by atoms with Crippen molar-refractivity contribution in [1.82, 2.24) is 15.1 Å². The predicted octanol–water partition coefficient (Wildman–Crippen LogP) is 4.52. The van der Waals surface area contributed by atoms with Crippen molar-refractivity contribution in [3.63, 3.8) is 0 Å². The summed E-state index contributed by atoms with van der Waals surface area (Å²) in [5.74, 6) is 0.382. The number of aryl methyl sites for hydroxylation is 1. The highest BCUT2D eigenvalue weighted by Gasteiger charge is 2.28. The van der Waals surface area contributed by atoms with Gasteiger partial charge in [-0.25, -0.2) is 4.79 Å². The predicted molar refractivity (Wildman–Crippen MR) is 125 cm³/mol. The molecular weight excluding hydrogens is 426 g/mol. The first kappa shape index (κ1) is 21.8. The fourth-order valence-corrected chi connectivity index (χ4v) is 4.48. The van der Waals surface area contributed by atoms with Gasteiger partial charge < -0.3 is 20.3 Å². The summed E-state index contributed by atoms with van der Waals surface area (Å²) in [6.45, 7) is 3.18. The van der Waals surface area contributed by atoms with Crippen molar-refractivity contribution in [2.45, 2.75) is 25.7 Å². The number of hydrogen-bond donors (Lipinski definition) is 2. The lowest BCUT2D eigenvalue weighted by Crippen LogP contribution is -2.41. The molecule has 0 bridgehead atoms. The summed E-state index contributed by atoms with van der Waals surface area (Å²) in [5.41, 5.74) is 2.47. The van der Waals surface area contributed by atoms with Crippen LogP contribution in [0.3, 0.4) is 0 Å². The third-order valence-electron chi connectivity index (χ3n) is 5.35. The smallest absolute Gasteiger partial charge is 0.321 e. The molecule has 32 heavy (non-hydrogen) atoms. The van der Waals surface area contributed by atoms with E-state index in [1.807, 2.05) is 49.4 Å². The van der Waals surface area contributed by atoms with Gasteiger partial charge in [-0.2, -0.15) is 0 Å². The summed E-state index contributed by atoms with van der Waals surface area (Å²) in [4.78, 5) is 27.1. The average Bonchev–Trinajstić information content (AvgIpc) is 3.32. The van der Waals surface area contributed by atoms with E-state index in [1.54, 1.807) is 18.1 Å². The maximum atomic E-state index is 12.8. The van der Waals surface area contributed by atoms with Crippen molar-refractivity contribution >= 4 is 34.6 Å². The molecule has 1 aliphatic heterocycles. The van der Waals surface area contributed by atoms with Crippen LogP contribution < -0.4 is 15.4 Å². The van der Waals surface area contributed by atoms with Crippen molar-refractivity contribution in [2.24, 2.45) is 0 Å². The van der Waals surface area contributed by atoms with E-state index >= 15 is 0 Å². The van der Waals surface area contributed by atoms with Crippen LogP contribution >= 0.6 is 11.3 Å². The van der Waals surface area contributed by atoms with Crippen molar-refractivity contribution in [2.75, 3.05) is 30.8 Å². The van der Waals surface area contributed by atoms with Gasteiger partial charge in [-0.15, -0.1) is 10.2 Å². The van der Waals surface area contributed by atoms with Gasteiger partial charge in [-0.1, -0.05) is 41.2 Å². The molecule has 0 spiro atoms. The number of para-hydroxylation sites is 2. The minimum atomic E-state index is -0.279. The number of benzene rings is 2. The quantitative estimate of drug-likeness (QED) is 0.595. The summed E-state index contributed by atoms with van der Waals surface area (Å²) in [5, 5.41) is 15.2. The molecule has 0 unspecified atom stereocenters. The second kappa shape index (κ2) is 9.78. The van der Waals surface area contributed by atoms with Crippen molar-refractivity contribution < 1.29 is 14.3 Å². The maximum absolute atomic E-state index is 12.8. The van der Waals surface area contributed by atoms with Gasteiger partial charge in [0.2, 0.25) is 5.01 Å². The molecule has 166 valence electrons.